The van der Waals surface area contributed by atoms with Crippen molar-refractivity contribution in [2.24, 2.45) is 0 Å². The molecule has 1 N–H and O–H groups in total. The summed E-state index contributed by atoms with van der Waals surface area (Å²) in [5.41, 5.74) is 3.33. The van der Waals surface area contributed by atoms with Crippen LogP contribution >= 0.6 is 0 Å². The van der Waals surface area contributed by atoms with E-state index in [1.807, 2.05) is 11.8 Å². The first-order valence-corrected chi connectivity index (χ1v) is 9.34. The number of hydrogen-bond acceptors (Lipinski definition) is 7. The Morgan fingerprint density at radius 2 is 2.04 bits per heavy atom. The van der Waals surface area contributed by atoms with Crippen LogP contribution in [0.2, 0.25) is 0 Å². The van der Waals surface area contributed by atoms with E-state index >= 15 is 0 Å². The molecule has 0 bridgehead atoms. The highest BCUT2D eigenvalue weighted by Gasteiger charge is 2.30. The number of aliphatic hydroxyl groups is 1. The molecular weight excluding hydrogens is 332 g/mol. The third-order valence-corrected chi connectivity index (χ3v) is 5.46. The summed E-state index contributed by atoms with van der Waals surface area (Å²) in [5, 5.41) is 14.2. The van der Waals surface area contributed by atoms with Crippen LogP contribution in [-0.4, -0.2) is 63.8 Å². The summed E-state index contributed by atoms with van der Waals surface area (Å²) in [6, 6.07) is 4.27. The van der Waals surface area contributed by atoms with Crippen molar-refractivity contribution in [1.82, 2.24) is 19.7 Å². The van der Waals surface area contributed by atoms with Crippen molar-refractivity contribution in [2.75, 3.05) is 42.6 Å². The van der Waals surface area contributed by atoms with Crippen LogP contribution in [-0.2, 0) is 17.8 Å². The van der Waals surface area contributed by atoms with Crippen LogP contribution in [0.15, 0.2) is 12.1 Å². The predicted octanol–water partition coefficient (Wildman–Crippen LogP) is 0.687. The smallest absolute Gasteiger partial charge is 0.227 e. The molecule has 2 fully saturated rings. The summed E-state index contributed by atoms with van der Waals surface area (Å²) in [6.45, 7) is 7.33. The molecule has 138 valence electrons. The minimum atomic E-state index is -0.271. The molecule has 8 nitrogen and oxygen atoms in total. The van der Waals surface area contributed by atoms with E-state index in [1.54, 1.807) is 0 Å². The van der Waals surface area contributed by atoms with Crippen LogP contribution in [0.1, 0.15) is 29.4 Å². The van der Waals surface area contributed by atoms with Crippen molar-refractivity contribution in [3.63, 3.8) is 0 Å². The van der Waals surface area contributed by atoms with Gasteiger partial charge in [-0.15, -0.1) is 0 Å². The summed E-state index contributed by atoms with van der Waals surface area (Å²) >= 11 is 0. The highest BCUT2D eigenvalue weighted by atomic mass is 16.5. The Kier molecular flexibility index (Phi) is 3.82. The van der Waals surface area contributed by atoms with Crippen LogP contribution in [0.5, 0.6) is 0 Å². The molecule has 3 aliphatic heterocycles. The summed E-state index contributed by atoms with van der Waals surface area (Å²) in [4.78, 5) is 14.0. The molecule has 0 radical (unpaired) electrons. The molecular formula is C18H24N6O2. The number of anilines is 2. The fraction of sp³-hybridized carbons (Fsp3) is 0.611. The fourth-order valence-corrected chi connectivity index (χ4v) is 3.94. The van der Waals surface area contributed by atoms with Crippen LogP contribution in [0.3, 0.4) is 0 Å². The topological polar surface area (TPSA) is 79.5 Å². The predicted molar refractivity (Wildman–Crippen MR) is 96.4 cm³/mol. The molecule has 2 saturated heterocycles. The van der Waals surface area contributed by atoms with Gasteiger partial charge in [0.05, 0.1) is 42.9 Å². The van der Waals surface area contributed by atoms with Crippen molar-refractivity contribution in [2.45, 2.75) is 38.5 Å². The molecule has 0 amide bonds. The summed E-state index contributed by atoms with van der Waals surface area (Å²) in [7, 11) is 0. The SMILES string of the molecule is Cc1cc2n(n1)CCN(c1cc(C3CCOC3)nc(N3CC(O)C3)n1)C2. The standard InChI is InChI=1S/C18H24N6O2/c1-12-6-14-8-22(3-4-24(14)21-12)17-7-16(13-2-5-26-11-13)19-18(20-17)23-9-15(25)10-23/h6-7,13,15,25H,2-5,8-11H2,1H3. The van der Waals surface area contributed by atoms with Crippen molar-refractivity contribution in [1.29, 1.82) is 0 Å². The van der Waals surface area contributed by atoms with Crippen LogP contribution in [0, 0.1) is 6.92 Å². The quantitative estimate of drug-likeness (QED) is 0.866. The average molecular weight is 356 g/mol. The van der Waals surface area contributed by atoms with Gasteiger partial charge < -0.3 is 19.6 Å². The van der Waals surface area contributed by atoms with Crippen LogP contribution in [0.25, 0.3) is 0 Å². The highest BCUT2D eigenvalue weighted by molar-refractivity contribution is 5.49. The molecule has 2 aromatic rings. The van der Waals surface area contributed by atoms with E-state index < -0.39 is 0 Å². The molecule has 5 heterocycles. The largest absolute Gasteiger partial charge is 0.389 e. The molecule has 1 atom stereocenters. The second-order valence-electron chi connectivity index (χ2n) is 7.49. The van der Waals surface area contributed by atoms with Crippen molar-refractivity contribution >= 4 is 11.8 Å². The van der Waals surface area contributed by atoms with Crippen molar-refractivity contribution < 1.29 is 9.84 Å². The maximum atomic E-state index is 9.65. The van der Waals surface area contributed by atoms with Crippen LogP contribution < -0.4 is 9.80 Å². The van der Waals surface area contributed by atoms with Gasteiger partial charge in [-0.05, 0) is 19.4 Å². The summed E-state index contributed by atoms with van der Waals surface area (Å²) in [5.74, 6) is 2.02. The molecule has 2 aromatic heterocycles. The Hall–Kier alpha value is -2.19. The van der Waals surface area contributed by atoms with Gasteiger partial charge in [-0.2, -0.15) is 10.1 Å². The number of β-amino-alcohol motifs (C(OH)–C–C–N with tert-alkyl or cyclic N) is 1. The van der Waals surface area contributed by atoms with E-state index in [4.69, 9.17) is 14.7 Å². The molecule has 26 heavy (non-hydrogen) atoms. The Morgan fingerprint density at radius 3 is 2.81 bits per heavy atom. The number of nitrogens with zero attached hydrogens (tertiary/aromatic N) is 6. The van der Waals surface area contributed by atoms with E-state index in [0.717, 1.165) is 62.4 Å². The molecule has 3 aliphatic rings. The number of ether oxygens (including phenoxy) is 1. The van der Waals surface area contributed by atoms with Gasteiger partial charge in [-0.3, -0.25) is 4.68 Å². The van der Waals surface area contributed by atoms with Gasteiger partial charge in [0, 0.05) is 38.2 Å². The lowest BCUT2D eigenvalue weighted by Gasteiger charge is -2.37. The first kappa shape index (κ1) is 16.0. The van der Waals surface area contributed by atoms with E-state index in [2.05, 4.69) is 26.8 Å². The lowest BCUT2D eigenvalue weighted by molar-refractivity contribution is 0.140. The number of rotatable bonds is 3. The highest BCUT2D eigenvalue weighted by Crippen LogP contribution is 2.30. The van der Waals surface area contributed by atoms with Gasteiger partial charge in [0.2, 0.25) is 5.95 Å². The van der Waals surface area contributed by atoms with Gasteiger partial charge >= 0.3 is 0 Å². The van der Waals surface area contributed by atoms with Crippen LogP contribution in [0.4, 0.5) is 11.8 Å². The number of aliphatic hydroxyl groups excluding tert-OH is 1. The van der Waals surface area contributed by atoms with E-state index in [-0.39, 0.29) is 6.10 Å². The zero-order valence-electron chi connectivity index (χ0n) is 15.0. The maximum absolute atomic E-state index is 9.65. The lowest BCUT2D eigenvalue weighted by atomic mass is 10.0. The number of aryl methyl sites for hydroxylation is 1. The molecule has 1 unspecified atom stereocenters. The monoisotopic (exact) mass is 356 g/mol. The summed E-state index contributed by atoms with van der Waals surface area (Å²) in [6.07, 6.45) is 0.734. The molecule has 8 heteroatoms. The van der Waals surface area contributed by atoms with Crippen molar-refractivity contribution in [3.05, 3.63) is 29.2 Å². The second-order valence-corrected chi connectivity index (χ2v) is 7.49. The lowest BCUT2D eigenvalue weighted by Crippen LogP contribution is -2.51. The Labute approximate surface area is 152 Å². The first-order valence-electron chi connectivity index (χ1n) is 9.34. The Balaban J connectivity index is 1.47. The van der Waals surface area contributed by atoms with Gasteiger partial charge in [0.1, 0.15) is 5.82 Å². The van der Waals surface area contributed by atoms with Gasteiger partial charge in [-0.1, -0.05) is 0 Å². The van der Waals surface area contributed by atoms with Gasteiger partial charge in [0.15, 0.2) is 0 Å². The minimum Gasteiger partial charge on any atom is -0.389 e. The van der Waals surface area contributed by atoms with Crippen molar-refractivity contribution in [3.8, 4) is 0 Å². The normalized spacial score (nSPS) is 23.2. The zero-order valence-corrected chi connectivity index (χ0v) is 15.0. The van der Waals surface area contributed by atoms with E-state index in [1.165, 1.54) is 5.69 Å². The third-order valence-electron chi connectivity index (χ3n) is 5.46. The Morgan fingerprint density at radius 1 is 1.15 bits per heavy atom. The molecule has 0 aromatic carbocycles. The third kappa shape index (κ3) is 2.83. The first-order chi connectivity index (χ1) is 12.7. The Bertz CT molecular complexity index is 810. The van der Waals surface area contributed by atoms with E-state index in [0.29, 0.717) is 19.0 Å². The fourth-order valence-electron chi connectivity index (χ4n) is 3.94. The maximum Gasteiger partial charge on any atom is 0.227 e. The molecule has 0 spiro atoms. The summed E-state index contributed by atoms with van der Waals surface area (Å²) < 4.78 is 7.65. The van der Waals surface area contributed by atoms with Gasteiger partial charge in [-0.25, -0.2) is 4.98 Å². The molecule has 0 saturated carbocycles. The second kappa shape index (κ2) is 6.21. The average Bonchev–Trinajstić information content (AvgIpc) is 3.26. The minimum absolute atomic E-state index is 0.271. The number of fused-ring (bicyclic) bond motifs is 1. The molecule has 0 aliphatic carbocycles. The number of hydrogen-bond donors (Lipinski definition) is 1. The van der Waals surface area contributed by atoms with E-state index in [9.17, 15) is 5.11 Å². The number of aromatic nitrogens is 4. The zero-order chi connectivity index (χ0) is 17.7. The molecule has 5 rings (SSSR count). The van der Waals surface area contributed by atoms with Gasteiger partial charge in [0.25, 0.3) is 0 Å².